The van der Waals surface area contributed by atoms with Crippen LogP contribution in [-0.2, 0) is 15.8 Å². The molecule has 1 saturated heterocycles. The average Bonchev–Trinajstić information content (AvgIpc) is 3.20. The molecular formula is C30H27F3N2O4S2. The van der Waals surface area contributed by atoms with E-state index >= 15 is 0 Å². The first-order chi connectivity index (χ1) is 19.5. The maximum absolute atomic E-state index is 13.2. The van der Waals surface area contributed by atoms with Crippen molar-refractivity contribution in [3.05, 3.63) is 88.3 Å². The van der Waals surface area contributed by atoms with E-state index in [-0.39, 0.29) is 33.3 Å². The molecule has 3 aromatic carbocycles. The standard InChI is InChI=1S/C30H27F3N2O4S2/c1-4-38-25-14-19(12-13-24(25)39-17-27(36)34-23-11-6-5-10-22(23)18(2)3)15-26-28(37)35(29(40)41-26)21-9-7-8-20(16-21)30(31,32)33/h5-16,18H,4,17H2,1-3H3,(H,34,36)/b26-15-. The van der Waals surface area contributed by atoms with Gasteiger partial charge in [0.1, 0.15) is 0 Å². The Hall–Kier alpha value is -3.83. The summed E-state index contributed by atoms with van der Waals surface area (Å²) in [5.74, 6) is 0.0756. The zero-order chi connectivity index (χ0) is 29.7. The molecule has 1 aliphatic heterocycles. The van der Waals surface area contributed by atoms with E-state index in [4.69, 9.17) is 21.7 Å². The van der Waals surface area contributed by atoms with E-state index < -0.39 is 17.6 Å². The summed E-state index contributed by atoms with van der Waals surface area (Å²) >= 11 is 6.30. The molecule has 0 saturated carbocycles. The van der Waals surface area contributed by atoms with Crippen molar-refractivity contribution in [2.75, 3.05) is 23.4 Å². The van der Waals surface area contributed by atoms with Crippen LogP contribution in [0.4, 0.5) is 24.5 Å². The first-order valence-corrected chi connectivity index (χ1v) is 13.9. The molecule has 6 nitrogen and oxygen atoms in total. The monoisotopic (exact) mass is 600 g/mol. The fraction of sp³-hybridized carbons (Fsp3) is 0.233. The van der Waals surface area contributed by atoms with Crippen LogP contribution in [0, 0.1) is 0 Å². The van der Waals surface area contributed by atoms with E-state index in [9.17, 15) is 22.8 Å². The highest BCUT2D eigenvalue weighted by Crippen LogP contribution is 2.39. The molecule has 11 heteroatoms. The van der Waals surface area contributed by atoms with E-state index in [0.717, 1.165) is 40.0 Å². The Bertz CT molecular complexity index is 1510. The van der Waals surface area contributed by atoms with Gasteiger partial charge in [0.25, 0.3) is 11.8 Å². The third-order valence-corrected chi connectivity index (χ3v) is 7.31. The van der Waals surface area contributed by atoms with Gasteiger partial charge >= 0.3 is 6.18 Å². The summed E-state index contributed by atoms with van der Waals surface area (Å²) in [6, 6.07) is 17.0. The fourth-order valence-electron chi connectivity index (χ4n) is 4.11. The van der Waals surface area contributed by atoms with Crippen molar-refractivity contribution in [3.63, 3.8) is 0 Å². The number of carbonyl (C=O) groups is 2. The molecule has 0 atom stereocenters. The summed E-state index contributed by atoms with van der Waals surface area (Å²) in [4.78, 5) is 27.1. The number of amides is 2. The Morgan fingerprint density at radius 2 is 1.80 bits per heavy atom. The van der Waals surface area contributed by atoms with Crippen LogP contribution in [0.3, 0.4) is 0 Å². The molecule has 0 aromatic heterocycles. The number of rotatable bonds is 9. The number of nitrogens with zero attached hydrogens (tertiary/aromatic N) is 1. The molecule has 1 fully saturated rings. The Morgan fingerprint density at radius 1 is 1.05 bits per heavy atom. The molecule has 4 rings (SSSR count). The van der Waals surface area contributed by atoms with Gasteiger partial charge in [-0.15, -0.1) is 0 Å². The maximum Gasteiger partial charge on any atom is 0.416 e. The lowest BCUT2D eigenvalue weighted by Gasteiger charge is -2.16. The molecule has 41 heavy (non-hydrogen) atoms. The molecule has 0 spiro atoms. The van der Waals surface area contributed by atoms with Crippen LogP contribution >= 0.6 is 24.0 Å². The lowest BCUT2D eigenvalue weighted by atomic mass is 10.0. The number of anilines is 2. The van der Waals surface area contributed by atoms with E-state index in [1.165, 1.54) is 12.1 Å². The van der Waals surface area contributed by atoms with Gasteiger partial charge in [0, 0.05) is 5.69 Å². The zero-order valence-corrected chi connectivity index (χ0v) is 24.1. The van der Waals surface area contributed by atoms with Gasteiger partial charge in [-0.1, -0.05) is 68.2 Å². The first-order valence-electron chi connectivity index (χ1n) is 12.7. The first kappa shape index (κ1) is 30.1. The lowest BCUT2D eigenvalue weighted by Crippen LogP contribution is -2.27. The molecule has 1 N–H and O–H groups in total. The average molecular weight is 601 g/mol. The number of benzene rings is 3. The number of alkyl halides is 3. The van der Waals surface area contributed by atoms with Crippen LogP contribution in [0.15, 0.2) is 71.6 Å². The highest BCUT2D eigenvalue weighted by molar-refractivity contribution is 8.27. The van der Waals surface area contributed by atoms with Gasteiger partial charge in [-0.3, -0.25) is 14.5 Å². The smallest absolute Gasteiger partial charge is 0.416 e. The van der Waals surface area contributed by atoms with Gasteiger partial charge in [0.15, 0.2) is 22.4 Å². The molecule has 0 bridgehead atoms. The molecular weight excluding hydrogens is 573 g/mol. The minimum Gasteiger partial charge on any atom is -0.490 e. The second-order valence-electron chi connectivity index (χ2n) is 9.28. The fourth-order valence-corrected chi connectivity index (χ4v) is 5.41. The van der Waals surface area contributed by atoms with Gasteiger partial charge in [0.2, 0.25) is 0 Å². The van der Waals surface area contributed by atoms with Crippen molar-refractivity contribution < 1.29 is 32.2 Å². The van der Waals surface area contributed by atoms with Gasteiger partial charge in [-0.25, -0.2) is 0 Å². The van der Waals surface area contributed by atoms with Crippen molar-refractivity contribution in [1.82, 2.24) is 0 Å². The molecule has 0 aliphatic carbocycles. The van der Waals surface area contributed by atoms with Crippen molar-refractivity contribution >= 4 is 57.6 Å². The third kappa shape index (κ3) is 7.28. The number of ether oxygens (including phenoxy) is 2. The Balaban J connectivity index is 1.49. The van der Waals surface area contributed by atoms with Crippen LogP contribution in [0.25, 0.3) is 6.08 Å². The van der Waals surface area contributed by atoms with Crippen LogP contribution < -0.4 is 19.7 Å². The number of carbonyl (C=O) groups excluding carboxylic acids is 2. The van der Waals surface area contributed by atoms with Crippen molar-refractivity contribution in [1.29, 1.82) is 0 Å². The van der Waals surface area contributed by atoms with Gasteiger partial charge in [0.05, 0.1) is 22.8 Å². The van der Waals surface area contributed by atoms with Crippen LogP contribution in [-0.4, -0.2) is 29.3 Å². The highest BCUT2D eigenvalue weighted by atomic mass is 32.2. The van der Waals surface area contributed by atoms with Gasteiger partial charge < -0.3 is 14.8 Å². The normalized spacial score (nSPS) is 14.6. The zero-order valence-electron chi connectivity index (χ0n) is 22.5. The molecule has 0 unspecified atom stereocenters. The van der Waals surface area contributed by atoms with E-state index in [2.05, 4.69) is 5.32 Å². The molecule has 2 amide bonds. The van der Waals surface area contributed by atoms with Crippen molar-refractivity contribution in [3.8, 4) is 11.5 Å². The summed E-state index contributed by atoms with van der Waals surface area (Å²) < 4.78 is 51.2. The number of thioether (sulfide) groups is 1. The summed E-state index contributed by atoms with van der Waals surface area (Å²) in [6.45, 7) is 5.96. The van der Waals surface area contributed by atoms with Crippen molar-refractivity contribution in [2.45, 2.75) is 32.9 Å². The van der Waals surface area contributed by atoms with E-state index in [1.807, 2.05) is 38.1 Å². The van der Waals surface area contributed by atoms with E-state index in [0.29, 0.717) is 23.7 Å². The summed E-state index contributed by atoms with van der Waals surface area (Å²) in [5, 5.41) is 2.88. The summed E-state index contributed by atoms with van der Waals surface area (Å²) in [6.07, 6.45) is -2.97. The number of nitrogens with one attached hydrogen (secondary N) is 1. The summed E-state index contributed by atoms with van der Waals surface area (Å²) in [5.41, 5.74) is 1.49. The van der Waals surface area contributed by atoms with Crippen LogP contribution in [0.5, 0.6) is 11.5 Å². The SMILES string of the molecule is CCOc1cc(/C=C2\SC(=S)N(c3cccc(C(F)(F)F)c3)C2=O)ccc1OCC(=O)Nc1ccccc1C(C)C. The topological polar surface area (TPSA) is 67.9 Å². The Labute approximate surface area is 245 Å². The highest BCUT2D eigenvalue weighted by Gasteiger charge is 2.36. The van der Waals surface area contributed by atoms with E-state index in [1.54, 1.807) is 31.2 Å². The molecule has 214 valence electrons. The predicted molar refractivity (Wildman–Crippen MR) is 159 cm³/mol. The number of halogens is 3. The quantitative estimate of drug-likeness (QED) is 0.201. The molecule has 1 aliphatic rings. The number of hydrogen-bond acceptors (Lipinski definition) is 6. The number of thiocarbonyl (C=S) groups is 1. The molecule has 1 heterocycles. The second kappa shape index (κ2) is 12.8. The van der Waals surface area contributed by atoms with Crippen molar-refractivity contribution in [2.24, 2.45) is 0 Å². The third-order valence-electron chi connectivity index (χ3n) is 6.01. The minimum atomic E-state index is -4.55. The minimum absolute atomic E-state index is 0.0405. The lowest BCUT2D eigenvalue weighted by molar-refractivity contribution is -0.137. The summed E-state index contributed by atoms with van der Waals surface area (Å²) in [7, 11) is 0. The molecule has 0 radical (unpaired) electrons. The maximum atomic E-state index is 13.2. The Morgan fingerprint density at radius 3 is 2.51 bits per heavy atom. The Kier molecular flexibility index (Phi) is 9.39. The van der Waals surface area contributed by atoms with Crippen LogP contribution in [0.1, 0.15) is 43.4 Å². The number of hydrogen-bond donors (Lipinski definition) is 1. The van der Waals surface area contributed by atoms with Crippen LogP contribution in [0.2, 0.25) is 0 Å². The second-order valence-corrected chi connectivity index (χ2v) is 11.0. The number of para-hydroxylation sites is 1. The largest absolute Gasteiger partial charge is 0.490 e. The van der Waals surface area contributed by atoms with Gasteiger partial charge in [-0.2, -0.15) is 13.2 Å². The molecule has 3 aromatic rings. The predicted octanol–water partition coefficient (Wildman–Crippen LogP) is 7.65. The van der Waals surface area contributed by atoms with Gasteiger partial charge in [-0.05, 0) is 66.4 Å².